The molecule has 1 atom stereocenters. The van der Waals surface area contributed by atoms with Gasteiger partial charge in [-0.25, -0.2) is 4.79 Å². The second kappa shape index (κ2) is 7.75. The quantitative estimate of drug-likeness (QED) is 0.663. The van der Waals surface area contributed by atoms with Crippen LogP contribution < -0.4 is 5.32 Å². The summed E-state index contributed by atoms with van der Waals surface area (Å²) in [4.78, 5) is 31.2. The molecule has 1 unspecified atom stereocenters. The number of aromatic nitrogens is 2. The third kappa shape index (κ3) is 3.67. The van der Waals surface area contributed by atoms with Gasteiger partial charge in [0, 0.05) is 24.2 Å². The molecule has 1 aliphatic carbocycles. The molecule has 1 amide bonds. The van der Waals surface area contributed by atoms with E-state index in [2.05, 4.69) is 10.3 Å². The number of carbonyl (C=O) groups is 2. The Balaban J connectivity index is 1.58. The van der Waals surface area contributed by atoms with Crippen molar-refractivity contribution in [2.45, 2.75) is 44.8 Å². The summed E-state index contributed by atoms with van der Waals surface area (Å²) in [6, 6.07) is 9.26. The van der Waals surface area contributed by atoms with Gasteiger partial charge in [-0.15, -0.1) is 11.3 Å². The van der Waals surface area contributed by atoms with Crippen molar-refractivity contribution in [1.29, 1.82) is 0 Å². The van der Waals surface area contributed by atoms with E-state index in [-0.39, 0.29) is 11.9 Å². The van der Waals surface area contributed by atoms with Crippen molar-refractivity contribution in [3.63, 3.8) is 0 Å². The number of hydrogen-bond donors (Lipinski definition) is 1. The number of nitrogens with zero attached hydrogens (tertiary/aromatic N) is 2. The molecule has 146 valence electrons. The first-order valence-electron chi connectivity index (χ1n) is 9.51. The lowest BCUT2D eigenvalue weighted by Gasteiger charge is -2.20. The first kappa shape index (κ1) is 18.7. The van der Waals surface area contributed by atoms with E-state index in [1.54, 1.807) is 35.7 Å². The predicted molar refractivity (Wildman–Crippen MR) is 108 cm³/mol. The SMILES string of the molecule is Cc1cc2c(cc(C(=O)OC(C(=O)NC3CCCC3)c3ccccn3)n2C)s1. The van der Waals surface area contributed by atoms with E-state index >= 15 is 0 Å². The Bertz CT molecular complexity index is 1000. The number of ether oxygens (including phenoxy) is 1. The van der Waals surface area contributed by atoms with Crippen LogP contribution in [0.5, 0.6) is 0 Å². The third-order valence-electron chi connectivity index (χ3n) is 5.18. The van der Waals surface area contributed by atoms with E-state index in [4.69, 9.17) is 4.74 Å². The van der Waals surface area contributed by atoms with E-state index in [0.717, 1.165) is 35.9 Å². The highest BCUT2D eigenvalue weighted by Crippen LogP contribution is 2.29. The molecule has 3 aromatic rings. The van der Waals surface area contributed by atoms with Gasteiger partial charge in [-0.05, 0) is 44.0 Å². The minimum absolute atomic E-state index is 0.140. The molecular weight excluding hydrogens is 374 g/mol. The Hall–Kier alpha value is -2.67. The van der Waals surface area contributed by atoms with E-state index in [1.165, 1.54) is 4.88 Å². The van der Waals surface area contributed by atoms with Gasteiger partial charge in [-0.3, -0.25) is 9.78 Å². The molecule has 1 fully saturated rings. The van der Waals surface area contributed by atoms with Gasteiger partial charge >= 0.3 is 5.97 Å². The number of aryl methyl sites for hydroxylation is 2. The standard InChI is InChI=1S/C21H23N3O3S/c1-13-11-16-18(28-13)12-17(24(16)2)21(26)27-19(15-9-5-6-10-22-15)20(25)23-14-7-3-4-8-14/h5-6,9-12,14,19H,3-4,7-8H2,1-2H3,(H,23,25). The van der Waals surface area contributed by atoms with Crippen molar-refractivity contribution >= 4 is 33.4 Å². The molecule has 1 N–H and O–H groups in total. The zero-order valence-electron chi connectivity index (χ0n) is 16.0. The fourth-order valence-electron chi connectivity index (χ4n) is 3.72. The fraction of sp³-hybridized carbons (Fsp3) is 0.381. The maximum atomic E-state index is 12.9. The Morgan fingerprint density at radius 3 is 2.75 bits per heavy atom. The smallest absolute Gasteiger partial charge is 0.356 e. The lowest BCUT2D eigenvalue weighted by atomic mass is 10.2. The average Bonchev–Trinajstić information content (AvgIpc) is 3.39. The highest BCUT2D eigenvalue weighted by atomic mass is 32.1. The van der Waals surface area contributed by atoms with Crippen LogP contribution in [0.1, 0.15) is 52.8 Å². The summed E-state index contributed by atoms with van der Waals surface area (Å²) in [6.45, 7) is 2.03. The summed E-state index contributed by atoms with van der Waals surface area (Å²) in [5, 5.41) is 3.02. The third-order valence-corrected chi connectivity index (χ3v) is 6.17. The van der Waals surface area contributed by atoms with Crippen molar-refractivity contribution in [3.8, 4) is 0 Å². The number of pyridine rings is 1. The van der Waals surface area contributed by atoms with Crippen LogP contribution in [0.15, 0.2) is 36.5 Å². The Morgan fingerprint density at radius 2 is 2.07 bits per heavy atom. The maximum Gasteiger partial charge on any atom is 0.356 e. The monoisotopic (exact) mass is 397 g/mol. The second-order valence-corrected chi connectivity index (χ2v) is 8.51. The lowest BCUT2D eigenvalue weighted by Crippen LogP contribution is -2.38. The number of nitrogens with one attached hydrogen (secondary N) is 1. The Kier molecular flexibility index (Phi) is 5.17. The summed E-state index contributed by atoms with van der Waals surface area (Å²) >= 11 is 1.63. The van der Waals surface area contributed by atoms with Gasteiger partial charge in [0.1, 0.15) is 5.69 Å². The molecule has 6 nitrogen and oxygen atoms in total. The zero-order chi connectivity index (χ0) is 19.7. The minimum atomic E-state index is -1.07. The number of thiophene rings is 1. The van der Waals surface area contributed by atoms with Gasteiger partial charge in [0.05, 0.1) is 15.9 Å². The zero-order valence-corrected chi connectivity index (χ0v) is 16.8. The molecular formula is C21H23N3O3S. The van der Waals surface area contributed by atoms with Gasteiger partial charge in [-0.1, -0.05) is 18.9 Å². The van der Waals surface area contributed by atoms with Crippen LogP contribution in [0.2, 0.25) is 0 Å². The largest absolute Gasteiger partial charge is 0.441 e. The van der Waals surface area contributed by atoms with Crippen molar-refractivity contribution in [1.82, 2.24) is 14.9 Å². The van der Waals surface area contributed by atoms with Crippen molar-refractivity contribution < 1.29 is 14.3 Å². The molecule has 0 aromatic carbocycles. The van der Waals surface area contributed by atoms with Crippen LogP contribution in [0, 0.1) is 6.92 Å². The molecule has 3 aromatic heterocycles. The molecule has 3 heterocycles. The van der Waals surface area contributed by atoms with Crippen LogP contribution in [-0.2, 0) is 16.6 Å². The van der Waals surface area contributed by atoms with Crippen LogP contribution in [0.4, 0.5) is 0 Å². The van der Waals surface area contributed by atoms with Crippen LogP contribution in [0.3, 0.4) is 0 Å². The van der Waals surface area contributed by atoms with E-state index in [9.17, 15) is 9.59 Å². The minimum Gasteiger partial charge on any atom is -0.441 e. The fourth-order valence-corrected chi connectivity index (χ4v) is 4.71. The first-order valence-corrected chi connectivity index (χ1v) is 10.3. The number of esters is 1. The average molecular weight is 398 g/mol. The number of rotatable bonds is 5. The van der Waals surface area contributed by atoms with Crippen LogP contribution >= 0.6 is 11.3 Å². The van der Waals surface area contributed by atoms with E-state index in [1.807, 2.05) is 30.7 Å². The van der Waals surface area contributed by atoms with Gasteiger partial charge < -0.3 is 14.6 Å². The molecule has 0 spiro atoms. The van der Waals surface area contributed by atoms with Gasteiger partial charge in [-0.2, -0.15) is 0 Å². The summed E-state index contributed by atoms with van der Waals surface area (Å²) in [7, 11) is 1.83. The van der Waals surface area contributed by atoms with Gasteiger partial charge in [0.25, 0.3) is 5.91 Å². The summed E-state index contributed by atoms with van der Waals surface area (Å²) in [6.07, 6.45) is 4.67. The highest BCUT2D eigenvalue weighted by Gasteiger charge is 2.30. The van der Waals surface area contributed by atoms with Crippen molar-refractivity contribution in [2.75, 3.05) is 0 Å². The molecule has 1 saturated carbocycles. The molecule has 1 aliphatic rings. The van der Waals surface area contributed by atoms with E-state index in [0.29, 0.717) is 11.4 Å². The highest BCUT2D eigenvalue weighted by molar-refractivity contribution is 7.19. The Labute approximate surface area is 167 Å². The number of fused-ring (bicyclic) bond motifs is 1. The molecule has 0 radical (unpaired) electrons. The Morgan fingerprint density at radius 1 is 1.29 bits per heavy atom. The first-order chi connectivity index (χ1) is 13.5. The van der Waals surface area contributed by atoms with Gasteiger partial charge in [0.2, 0.25) is 6.10 Å². The molecule has 4 rings (SSSR count). The summed E-state index contributed by atoms with van der Waals surface area (Å²) in [5.41, 5.74) is 1.84. The van der Waals surface area contributed by atoms with E-state index < -0.39 is 12.1 Å². The van der Waals surface area contributed by atoms with Crippen molar-refractivity contribution in [2.24, 2.45) is 7.05 Å². The number of hydrogen-bond acceptors (Lipinski definition) is 5. The van der Waals surface area contributed by atoms with Crippen LogP contribution in [0.25, 0.3) is 10.2 Å². The lowest BCUT2D eigenvalue weighted by molar-refractivity contribution is -0.131. The van der Waals surface area contributed by atoms with Crippen molar-refractivity contribution in [3.05, 3.63) is 52.8 Å². The summed E-state index contributed by atoms with van der Waals surface area (Å²) < 4.78 is 8.51. The molecule has 7 heteroatoms. The molecule has 28 heavy (non-hydrogen) atoms. The summed E-state index contributed by atoms with van der Waals surface area (Å²) in [5.74, 6) is -0.841. The van der Waals surface area contributed by atoms with Crippen LogP contribution in [-0.4, -0.2) is 27.5 Å². The predicted octanol–water partition coefficient (Wildman–Crippen LogP) is 3.90. The molecule has 0 saturated heterocycles. The van der Waals surface area contributed by atoms with Gasteiger partial charge in [0.15, 0.2) is 0 Å². The maximum absolute atomic E-state index is 12.9. The molecule has 0 aliphatic heterocycles. The second-order valence-electron chi connectivity index (χ2n) is 7.23. The normalized spacial score (nSPS) is 15.6. The number of amides is 1. The topological polar surface area (TPSA) is 73.2 Å². The molecule has 0 bridgehead atoms. The number of carbonyl (C=O) groups excluding carboxylic acids is 2.